The summed E-state index contributed by atoms with van der Waals surface area (Å²) in [5, 5.41) is 19.5. The SMILES string of the molecule is CCC(O)Oc1ccc(C(CC)C(C)(C)C)cc1O. The molecule has 0 saturated heterocycles. The van der Waals surface area contributed by atoms with Crippen LogP contribution in [-0.4, -0.2) is 16.5 Å². The third kappa shape index (κ3) is 4.13. The number of rotatable bonds is 5. The van der Waals surface area contributed by atoms with Gasteiger partial charge in [0.1, 0.15) is 0 Å². The van der Waals surface area contributed by atoms with Gasteiger partial charge in [0.15, 0.2) is 17.8 Å². The molecule has 3 heteroatoms. The fraction of sp³-hybridized carbons (Fsp3) is 0.625. The molecule has 0 amide bonds. The molecule has 0 aliphatic rings. The maximum Gasteiger partial charge on any atom is 0.197 e. The average Bonchev–Trinajstić information content (AvgIpc) is 2.31. The Morgan fingerprint density at radius 1 is 1.16 bits per heavy atom. The lowest BCUT2D eigenvalue weighted by Gasteiger charge is -2.30. The van der Waals surface area contributed by atoms with E-state index in [4.69, 9.17) is 4.74 Å². The van der Waals surface area contributed by atoms with E-state index in [0.717, 1.165) is 12.0 Å². The van der Waals surface area contributed by atoms with Crippen LogP contribution in [0.1, 0.15) is 58.9 Å². The first kappa shape index (κ1) is 15.8. The van der Waals surface area contributed by atoms with E-state index in [1.807, 2.05) is 13.0 Å². The summed E-state index contributed by atoms with van der Waals surface area (Å²) in [6.07, 6.45) is 0.628. The van der Waals surface area contributed by atoms with Crippen LogP contribution in [0.15, 0.2) is 18.2 Å². The van der Waals surface area contributed by atoms with Crippen molar-refractivity contribution < 1.29 is 14.9 Å². The molecule has 1 aromatic rings. The van der Waals surface area contributed by atoms with E-state index in [2.05, 4.69) is 27.7 Å². The number of aliphatic hydroxyl groups excluding tert-OH is 1. The van der Waals surface area contributed by atoms with E-state index in [0.29, 0.717) is 18.1 Å². The Kier molecular flexibility index (Phi) is 5.24. The fourth-order valence-corrected chi connectivity index (χ4v) is 2.43. The number of benzene rings is 1. The molecule has 0 fully saturated rings. The second-order valence-electron chi connectivity index (χ2n) is 6.03. The number of phenols is 1. The Bertz CT molecular complexity index is 407. The summed E-state index contributed by atoms with van der Waals surface area (Å²) in [5.41, 5.74) is 1.25. The topological polar surface area (TPSA) is 49.7 Å². The molecule has 1 rings (SSSR count). The number of aliphatic hydroxyl groups is 1. The minimum atomic E-state index is -0.874. The molecule has 0 saturated carbocycles. The van der Waals surface area contributed by atoms with E-state index >= 15 is 0 Å². The molecule has 0 radical (unpaired) electrons. The second-order valence-corrected chi connectivity index (χ2v) is 6.03. The van der Waals surface area contributed by atoms with E-state index in [-0.39, 0.29) is 11.2 Å². The zero-order valence-electron chi connectivity index (χ0n) is 12.6. The minimum Gasteiger partial charge on any atom is -0.504 e. The van der Waals surface area contributed by atoms with Crippen LogP contribution >= 0.6 is 0 Å². The Morgan fingerprint density at radius 3 is 2.21 bits per heavy atom. The van der Waals surface area contributed by atoms with Crippen LogP contribution in [0.4, 0.5) is 0 Å². The molecule has 3 nitrogen and oxygen atoms in total. The predicted molar refractivity (Wildman–Crippen MR) is 77.5 cm³/mol. The summed E-state index contributed by atoms with van der Waals surface area (Å²) in [7, 11) is 0. The maximum atomic E-state index is 10.0. The molecule has 0 aliphatic heterocycles. The largest absolute Gasteiger partial charge is 0.504 e. The van der Waals surface area contributed by atoms with Gasteiger partial charge in [0.25, 0.3) is 0 Å². The number of ether oxygens (including phenoxy) is 1. The lowest BCUT2D eigenvalue weighted by Crippen LogP contribution is -2.18. The molecule has 0 heterocycles. The highest BCUT2D eigenvalue weighted by Gasteiger charge is 2.25. The molecule has 0 aliphatic carbocycles. The molecular formula is C16H26O3. The highest BCUT2D eigenvalue weighted by atomic mass is 16.6. The van der Waals surface area contributed by atoms with Crippen LogP contribution in [0.5, 0.6) is 11.5 Å². The van der Waals surface area contributed by atoms with Crippen LogP contribution in [0.25, 0.3) is 0 Å². The first-order chi connectivity index (χ1) is 8.79. The van der Waals surface area contributed by atoms with Gasteiger partial charge in [-0.05, 0) is 35.4 Å². The van der Waals surface area contributed by atoms with Gasteiger partial charge in [0.05, 0.1) is 0 Å². The summed E-state index contributed by atoms with van der Waals surface area (Å²) in [4.78, 5) is 0. The number of phenolic OH excluding ortho intramolecular Hbond substituents is 1. The Hall–Kier alpha value is -1.22. The third-order valence-electron chi connectivity index (χ3n) is 3.45. The summed E-state index contributed by atoms with van der Waals surface area (Å²) in [6.45, 7) is 10.6. The van der Waals surface area contributed by atoms with Crippen molar-refractivity contribution in [1.82, 2.24) is 0 Å². The molecule has 0 bridgehead atoms. The Balaban J connectivity index is 2.98. The van der Waals surface area contributed by atoms with Gasteiger partial charge in [-0.2, -0.15) is 0 Å². The molecule has 108 valence electrons. The lowest BCUT2D eigenvalue weighted by molar-refractivity contribution is -0.0207. The molecule has 19 heavy (non-hydrogen) atoms. The Labute approximate surface area is 116 Å². The summed E-state index contributed by atoms with van der Waals surface area (Å²) >= 11 is 0. The molecular weight excluding hydrogens is 240 g/mol. The van der Waals surface area contributed by atoms with Crippen molar-refractivity contribution in [1.29, 1.82) is 0 Å². The summed E-state index contributed by atoms with van der Waals surface area (Å²) < 4.78 is 5.25. The third-order valence-corrected chi connectivity index (χ3v) is 3.45. The van der Waals surface area contributed by atoms with Crippen molar-refractivity contribution in [2.24, 2.45) is 5.41 Å². The fourth-order valence-electron chi connectivity index (χ4n) is 2.43. The summed E-state index contributed by atoms with van der Waals surface area (Å²) in [6, 6.07) is 5.45. The highest BCUT2D eigenvalue weighted by molar-refractivity contribution is 5.43. The zero-order chi connectivity index (χ0) is 14.6. The van der Waals surface area contributed by atoms with Crippen LogP contribution in [0, 0.1) is 5.41 Å². The summed E-state index contributed by atoms with van der Waals surface area (Å²) in [5.74, 6) is 0.804. The van der Waals surface area contributed by atoms with E-state index in [1.54, 1.807) is 12.1 Å². The minimum absolute atomic E-state index is 0.0905. The van der Waals surface area contributed by atoms with Gasteiger partial charge in [-0.15, -0.1) is 0 Å². The highest BCUT2D eigenvalue weighted by Crippen LogP contribution is 2.40. The smallest absolute Gasteiger partial charge is 0.197 e. The first-order valence-corrected chi connectivity index (χ1v) is 6.97. The molecule has 2 unspecified atom stereocenters. The van der Waals surface area contributed by atoms with Crippen molar-refractivity contribution in [3.05, 3.63) is 23.8 Å². The van der Waals surface area contributed by atoms with Gasteiger partial charge in [-0.3, -0.25) is 0 Å². The Morgan fingerprint density at radius 2 is 1.79 bits per heavy atom. The van der Waals surface area contributed by atoms with Gasteiger partial charge in [-0.25, -0.2) is 0 Å². The van der Waals surface area contributed by atoms with Crippen molar-refractivity contribution in [3.63, 3.8) is 0 Å². The van der Waals surface area contributed by atoms with E-state index < -0.39 is 6.29 Å². The monoisotopic (exact) mass is 266 g/mol. The van der Waals surface area contributed by atoms with E-state index in [1.165, 1.54) is 0 Å². The average molecular weight is 266 g/mol. The van der Waals surface area contributed by atoms with Crippen LogP contribution in [-0.2, 0) is 0 Å². The van der Waals surface area contributed by atoms with Crippen LogP contribution in [0.2, 0.25) is 0 Å². The second kappa shape index (κ2) is 6.29. The van der Waals surface area contributed by atoms with Gasteiger partial charge >= 0.3 is 0 Å². The molecule has 0 spiro atoms. The number of aromatic hydroxyl groups is 1. The van der Waals surface area contributed by atoms with Gasteiger partial charge < -0.3 is 14.9 Å². The number of hydrogen-bond donors (Lipinski definition) is 2. The van der Waals surface area contributed by atoms with Crippen LogP contribution in [0.3, 0.4) is 0 Å². The quantitative estimate of drug-likeness (QED) is 0.791. The molecule has 2 atom stereocenters. The van der Waals surface area contributed by atoms with Gasteiger partial charge in [0.2, 0.25) is 0 Å². The standard InChI is InChI=1S/C16H26O3/c1-6-12(16(3,4)5)11-8-9-14(13(17)10-11)19-15(18)7-2/h8-10,12,15,17-18H,6-7H2,1-5H3. The zero-order valence-corrected chi connectivity index (χ0v) is 12.6. The van der Waals surface area contributed by atoms with Crippen molar-refractivity contribution in [3.8, 4) is 11.5 Å². The van der Waals surface area contributed by atoms with Crippen molar-refractivity contribution in [2.45, 2.75) is 59.7 Å². The maximum absolute atomic E-state index is 10.0. The molecule has 0 aromatic heterocycles. The van der Waals surface area contributed by atoms with Crippen molar-refractivity contribution in [2.75, 3.05) is 0 Å². The molecule has 1 aromatic carbocycles. The van der Waals surface area contributed by atoms with Gasteiger partial charge in [0, 0.05) is 6.42 Å². The lowest BCUT2D eigenvalue weighted by atomic mass is 9.75. The number of hydrogen-bond acceptors (Lipinski definition) is 3. The predicted octanol–water partition coefficient (Wildman–Crippen LogP) is 4.04. The van der Waals surface area contributed by atoms with Gasteiger partial charge in [-0.1, -0.05) is 40.7 Å². The normalized spacial score (nSPS) is 15.1. The van der Waals surface area contributed by atoms with Crippen LogP contribution < -0.4 is 4.74 Å². The van der Waals surface area contributed by atoms with Crippen molar-refractivity contribution >= 4 is 0 Å². The molecule has 2 N–H and O–H groups in total. The first-order valence-electron chi connectivity index (χ1n) is 6.97. The van der Waals surface area contributed by atoms with E-state index in [9.17, 15) is 10.2 Å².